The van der Waals surface area contributed by atoms with Gasteiger partial charge in [0.1, 0.15) is 18.2 Å². The Morgan fingerprint density at radius 3 is 2.74 bits per heavy atom. The number of rotatable bonds is 8. The monoisotopic (exact) mass is 325 g/mol. The van der Waals surface area contributed by atoms with Crippen molar-refractivity contribution in [3.8, 4) is 5.75 Å². The lowest BCUT2D eigenvalue weighted by molar-refractivity contribution is -0.154. The molecular formula is C17H24FNO4. The summed E-state index contributed by atoms with van der Waals surface area (Å²) in [5.74, 6) is -0.427. The van der Waals surface area contributed by atoms with E-state index in [2.05, 4.69) is 4.90 Å². The van der Waals surface area contributed by atoms with Gasteiger partial charge in [0.15, 0.2) is 0 Å². The minimum Gasteiger partial charge on any atom is -0.492 e. The summed E-state index contributed by atoms with van der Waals surface area (Å²) in [5, 5.41) is 9.61. The van der Waals surface area contributed by atoms with Crippen LogP contribution in [0.15, 0.2) is 24.3 Å². The first-order valence-electron chi connectivity index (χ1n) is 7.89. The van der Waals surface area contributed by atoms with Crippen molar-refractivity contribution in [2.45, 2.75) is 19.3 Å². The van der Waals surface area contributed by atoms with Gasteiger partial charge in [-0.1, -0.05) is 0 Å². The predicted octanol–water partition coefficient (Wildman–Crippen LogP) is 2.41. The molecule has 0 saturated carbocycles. The smallest absolute Gasteiger partial charge is 0.311 e. The highest BCUT2D eigenvalue weighted by Gasteiger charge is 2.41. The number of hydrogen-bond acceptors (Lipinski definition) is 4. The van der Waals surface area contributed by atoms with Gasteiger partial charge >= 0.3 is 5.97 Å². The number of likely N-dealkylation sites (tertiary alicyclic amines) is 1. The number of halogens is 1. The molecule has 1 unspecified atom stereocenters. The molecule has 1 aromatic rings. The molecule has 0 amide bonds. The van der Waals surface area contributed by atoms with Gasteiger partial charge in [0.05, 0.1) is 5.41 Å². The Morgan fingerprint density at radius 2 is 2.09 bits per heavy atom. The van der Waals surface area contributed by atoms with Crippen LogP contribution in [-0.4, -0.2) is 55.9 Å². The third-order valence-corrected chi connectivity index (χ3v) is 4.38. The van der Waals surface area contributed by atoms with E-state index < -0.39 is 11.4 Å². The number of carbonyl (C=O) groups is 1. The van der Waals surface area contributed by atoms with Crippen molar-refractivity contribution in [1.29, 1.82) is 0 Å². The van der Waals surface area contributed by atoms with E-state index in [4.69, 9.17) is 9.47 Å². The molecule has 0 spiro atoms. The lowest BCUT2D eigenvalue weighted by Gasteiger charge is -2.39. The second-order valence-electron chi connectivity index (χ2n) is 6.01. The van der Waals surface area contributed by atoms with Crippen LogP contribution in [0.1, 0.15) is 19.3 Å². The lowest BCUT2D eigenvalue weighted by atomic mass is 9.77. The van der Waals surface area contributed by atoms with Gasteiger partial charge in [0.2, 0.25) is 0 Å². The molecule has 6 heteroatoms. The van der Waals surface area contributed by atoms with Crippen molar-refractivity contribution in [2.75, 3.05) is 40.0 Å². The Labute approximate surface area is 136 Å². The highest BCUT2D eigenvalue weighted by atomic mass is 19.1. The van der Waals surface area contributed by atoms with E-state index >= 15 is 0 Å². The van der Waals surface area contributed by atoms with E-state index in [1.165, 1.54) is 12.1 Å². The molecule has 5 nitrogen and oxygen atoms in total. The minimum atomic E-state index is -0.751. The zero-order valence-electron chi connectivity index (χ0n) is 13.5. The number of benzene rings is 1. The van der Waals surface area contributed by atoms with E-state index in [0.717, 1.165) is 13.0 Å². The van der Waals surface area contributed by atoms with E-state index in [0.29, 0.717) is 44.9 Å². The molecule has 0 aromatic heterocycles. The summed E-state index contributed by atoms with van der Waals surface area (Å²) >= 11 is 0. The Bertz CT molecular complexity index is 508. The van der Waals surface area contributed by atoms with E-state index in [1.807, 2.05) is 0 Å². The highest BCUT2D eigenvalue weighted by Crippen LogP contribution is 2.33. The Kier molecular flexibility index (Phi) is 6.36. The van der Waals surface area contributed by atoms with Gasteiger partial charge in [-0.2, -0.15) is 0 Å². The topological polar surface area (TPSA) is 59.0 Å². The van der Waals surface area contributed by atoms with Crippen molar-refractivity contribution in [2.24, 2.45) is 5.41 Å². The van der Waals surface area contributed by atoms with Crippen LogP contribution in [0.5, 0.6) is 5.75 Å². The molecule has 0 bridgehead atoms. The van der Waals surface area contributed by atoms with Crippen LogP contribution in [0.25, 0.3) is 0 Å². The SMILES string of the molecule is COCCC1(C(=O)O)CCCN(CCOc2ccc(F)cc2)C1. The minimum absolute atomic E-state index is 0.294. The molecule has 23 heavy (non-hydrogen) atoms. The van der Waals surface area contributed by atoms with Crippen LogP contribution in [-0.2, 0) is 9.53 Å². The molecule has 1 fully saturated rings. The number of hydrogen-bond donors (Lipinski definition) is 1. The van der Waals surface area contributed by atoms with Crippen LogP contribution in [0.3, 0.4) is 0 Å². The summed E-state index contributed by atoms with van der Waals surface area (Å²) in [4.78, 5) is 13.8. The standard InChI is InChI=1S/C17H24FNO4/c1-22-11-8-17(16(20)21)7-2-9-19(13-17)10-12-23-15-5-3-14(18)4-6-15/h3-6H,2,7-13H2,1H3,(H,20,21). The first-order chi connectivity index (χ1) is 11.1. The Balaban J connectivity index is 1.85. The van der Waals surface area contributed by atoms with Crippen LogP contribution in [0, 0.1) is 11.2 Å². The van der Waals surface area contributed by atoms with Gasteiger partial charge in [-0.15, -0.1) is 0 Å². The number of aliphatic carboxylic acids is 1. The maximum atomic E-state index is 12.8. The zero-order valence-corrected chi connectivity index (χ0v) is 13.5. The fraction of sp³-hybridized carbons (Fsp3) is 0.588. The van der Waals surface area contributed by atoms with Gasteiger partial charge < -0.3 is 14.6 Å². The number of carboxylic acids is 1. The fourth-order valence-corrected chi connectivity index (χ4v) is 3.02. The first-order valence-corrected chi connectivity index (χ1v) is 7.89. The summed E-state index contributed by atoms with van der Waals surface area (Å²) in [6.45, 7) is 2.93. The Hall–Kier alpha value is -1.66. The first kappa shape index (κ1) is 17.7. The number of carboxylic acid groups (broad SMARTS) is 1. The quantitative estimate of drug-likeness (QED) is 0.795. The van der Waals surface area contributed by atoms with Gasteiger partial charge in [-0.05, 0) is 50.1 Å². The largest absolute Gasteiger partial charge is 0.492 e. The normalized spacial score (nSPS) is 22.0. The Morgan fingerprint density at radius 1 is 1.35 bits per heavy atom. The average Bonchev–Trinajstić information content (AvgIpc) is 2.55. The zero-order chi connectivity index (χ0) is 16.7. The van der Waals surface area contributed by atoms with Crippen molar-refractivity contribution >= 4 is 5.97 Å². The van der Waals surface area contributed by atoms with E-state index in [-0.39, 0.29) is 5.82 Å². The molecule has 1 aromatic carbocycles. The highest BCUT2D eigenvalue weighted by molar-refractivity contribution is 5.75. The maximum Gasteiger partial charge on any atom is 0.311 e. The number of piperidine rings is 1. The predicted molar refractivity (Wildman–Crippen MR) is 84.1 cm³/mol. The molecule has 128 valence electrons. The number of nitrogens with zero attached hydrogens (tertiary/aromatic N) is 1. The van der Waals surface area contributed by atoms with Crippen molar-refractivity contribution in [1.82, 2.24) is 4.90 Å². The molecule has 1 N–H and O–H groups in total. The van der Waals surface area contributed by atoms with Crippen molar-refractivity contribution < 1.29 is 23.8 Å². The molecule has 0 aliphatic carbocycles. The van der Waals surface area contributed by atoms with Crippen LogP contribution >= 0.6 is 0 Å². The molecule has 0 radical (unpaired) electrons. The third kappa shape index (κ3) is 4.91. The second kappa shape index (κ2) is 8.26. The van der Waals surface area contributed by atoms with E-state index in [1.54, 1.807) is 19.2 Å². The molecule has 1 atom stereocenters. The molecular weight excluding hydrogens is 301 g/mol. The van der Waals surface area contributed by atoms with Gasteiger partial charge in [0, 0.05) is 26.8 Å². The summed E-state index contributed by atoms with van der Waals surface area (Å²) in [6.07, 6.45) is 2.06. The van der Waals surface area contributed by atoms with Crippen LogP contribution < -0.4 is 4.74 Å². The molecule has 1 saturated heterocycles. The van der Waals surface area contributed by atoms with Gasteiger partial charge in [-0.3, -0.25) is 9.69 Å². The molecule has 1 aliphatic rings. The molecule has 1 heterocycles. The summed E-state index contributed by atoms with van der Waals surface area (Å²) in [7, 11) is 1.59. The number of methoxy groups -OCH3 is 1. The summed E-state index contributed by atoms with van der Waals surface area (Å²) in [6, 6.07) is 5.89. The van der Waals surface area contributed by atoms with Gasteiger partial charge in [0.25, 0.3) is 0 Å². The van der Waals surface area contributed by atoms with Crippen LogP contribution in [0.4, 0.5) is 4.39 Å². The maximum absolute atomic E-state index is 12.8. The lowest BCUT2D eigenvalue weighted by Crippen LogP contribution is -2.49. The average molecular weight is 325 g/mol. The van der Waals surface area contributed by atoms with Gasteiger partial charge in [-0.25, -0.2) is 4.39 Å². The third-order valence-electron chi connectivity index (χ3n) is 4.38. The van der Waals surface area contributed by atoms with Crippen molar-refractivity contribution in [3.05, 3.63) is 30.1 Å². The second-order valence-corrected chi connectivity index (χ2v) is 6.01. The molecule has 1 aliphatic heterocycles. The van der Waals surface area contributed by atoms with Crippen molar-refractivity contribution in [3.63, 3.8) is 0 Å². The van der Waals surface area contributed by atoms with Crippen LogP contribution in [0.2, 0.25) is 0 Å². The van der Waals surface area contributed by atoms with E-state index in [9.17, 15) is 14.3 Å². The molecule has 2 rings (SSSR count). The summed E-state index contributed by atoms with van der Waals surface area (Å²) in [5.41, 5.74) is -0.732. The number of ether oxygens (including phenoxy) is 2. The fourth-order valence-electron chi connectivity index (χ4n) is 3.02. The summed E-state index contributed by atoms with van der Waals surface area (Å²) < 4.78 is 23.5.